The maximum atomic E-state index is 8.79. The van der Waals surface area contributed by atoms with E-state index in [2.05, 4.69) is 21.7 Å². The minimum Gasteiger partial charge on any atom is -0.373 e. The molecule has 0 aromatic heterocycles. The van der Waals surface area contributed by atoms with Crippen molar-refractivity contribution >= 4 is 5.96 Å². The lowest BCUT2D eigenvalue weighted by Gasteiger charge is -2.22. The number of ether oxygens (including phenoxy) is 1. The van der Waals surface area contributed by atoms with Crippen LogP contribution in [0.5, 0.6) is 0 Å². The highest BCUT2D eigenvalue weighted by Gasteiger charge is 2.41. The van der Waals surface area contributed by atoms with Crippen LogP contribution in [0.3, 0.4) is 0 Å². The molecule has 0 radical (unpaired) electrons. The molecule has 110 valence electrons. The quantitative estimate of drug-likeness (QED) is 0.652. The molecule has 0 saturated carbocycles. The number of nitrogens with one attached hydrogen (secondary N) is 2. The van der Waals surface area contributed by atoms with Crippen molar-refractivity contribution in [3.63, 3.8) is 0 Å². The molecule has 21 heavy (non-hydrogen) atoms. The summed E-state index contributed by atoms with van der Waals surface area (Å²) in [6.45, 7) is 0.688. The molecule has 3 rings (SSSR count). The van der Waals surface area contributed by atoms with E-state index in [1.807, 2.05) is 24.3 Å². The van der Waals surface area contributed by atoms with Crippen molar-refractivity contribution < 1.29 is 4.74 Å². The summed E-state index contributed by atoms with van der Waals surface area (Å²) in [5.41, 5.74) is 1.81. The highest BCUT2D eigenvalue weighted by atomic mass is 16.5. The van der Waals surface area contributed by atoms with Crippen molar-refractivity contribution in [3.05, 3.63) is 35.4 Å². The summed E-state index contributed by atoms with van der Waals surface area (Å²) in [4.78, 5) is 4.27. The van der Waals surface area contributed by atoms with Crippen LogP contribution < -0.4 is 10.6 Å². The van der Waals surface area contributed by atoms with Crippen molar-refractivity contribution in [2.75, 3.05) is 7.05 Å². The van der Waals surface area contributed by atoms with Gasteiger partial charge in [0.05, 0.1) is 29.9 Å². The molecule has 5 heteroatoms. The first kappa shape index (κ1) is 13.9. The molecule has 5 nitrogen and oxygen atoms in total. The first-order valence-corrected chi connectivity index (χ1v) is 7.40. The molecule has 2 bridgehead atoms. The van der Waals surface area contributed by atoms with Gasteiger partial charge in [-0.3, -0.25) is 4.99 Å². The number of benzene rings is 1. The molecule has 2 heterocycles. The van der Waals surface area contributed by atoms with Crippen molar-refractivity contribution in [3.8, 4) is 6.07 Å². The number of guanidine groups is 1. The Morgan fingerprint density at radius 2 is 2.19 bits per heavy atom. The van der Waals surface area contributed by atoms with Gasteiger partial charge in [0.1, 0.15) is 0 Å². The average molecular weight is 284 g/mol. The molecule has 0 aliphatic carbocycles. The van der Waals surface area contributed by atoms with Crippen LogP contribution in [0.15, 0.2) is 29.3 Å². The predicted octanol–water partition coefficient (Wildman–Crippen LogP) is 1.54. The van der Waals surface area contributed by atoms with Crippen molar-refractivity contribution in [2.24, 2.45) is 4.99 Å². The molecular weight excluding hydrogens is 264 g/mol. The largest absolute Gasteiger partial charge is 0.373 e. The summed E-state index contributed by atoms with van der Waals surface area (Å²) in [6.07, 6.45) is 4.18. The number of nitriles is 1. The standard InChI is InChI=1S/C16H20N4O/c1-18-16(20-14-8-13-6-7-15(14)21-13)19-10-12-4-2-11(9-17)3-5-12/h2-5,13-15H,6-8,10H2,1H3,(H2,18,19,20). The first-order chi connectivity index (χ1) is 10.3. The van der Waals surface area contributed by atoms with Crippen LogP contribution in [0.25, 0.3) is 0 Å². The van der Waals surface area contributed by atoms with E-state index in [1.165, 1.54) is 6.42 Å². The Morgan fingerprint density at radius 1 is 1.38 bits per heavy atom. The van der Waals surface area contributed by atoms with Gasteiger partial charge in [-0.05, 0) is 37.0 Å². The summed E-state index contributed by atoms with van der Waals surface area (Å²) < 4.78 is 5.84. The van der Waals surface area contributed by atoms with E-state index < -0.39 is 0 Å². The van der Waals surface area contributed by atoms with E-state index >= 15 is 0 Å². The van der Waals surface area contributed by atoms with Gasteiger partial charge in [0, 0.05) is 13.6 Å². The minimum atomic E-state index is 0.337. The molecule has 1 aromatic carbocycles. The Balaban J connectivity index is 1.52. The number of hydrogen-bond donors (Lipinski definition) is 2. The Morgan fingerprint density at radius 3 is 2.76 bits per heavy atom. The van der Waals surface area contributed by atoms with E-state index in [0.29, 0.717) is 30.4 Å². The van der Waals surface area contributed by atoms with Gasteiger partial charge in [-0.1, -0.05) is 12.1 Å². The Labute approximate surface area is 125 Å². The molecule has 2 N–H and O–H groups in total. The molecule has 1 aromatic rings. The zero-order chi connectivity index (χ0) is 14.7. The smallest absolute Gasteiger partial charge is 0.191 e. The molecule has 3 unspecified atom stereocenters. The summed E-state index contributed by atoms with van der Waals surface area (Å²) in [6, 6.07) is 10.1. The van der Waals surface area contributed by atoms with Gasteiger partial charge in [-0.25, -0.2) is 0 Å². The van der Waals surface area contributed by atoms with Gasteiger partial charge >= 0.3 is 0 Å². The molecular formula is C16H20N4O. The average Bonchev–Trinajstić information content (AvgIpc) is 3.14. The van der Waals surface area contributed by atoms with Crippen molar-refractivity contribution in [2.45, 2.75) is 44.1 Å². The second kappa shape index (κ2) is 6.15. The zero-order valence-electron chi connectivity index (χ0n) is 12.2. The van der Waals surface area contributed by atoms with E-state index in [4.69, 9.17) is 10.00 Å². The van der Waals surface area contributed by atoms with E-state index in [0.717, 1.165) is 24.4 Å². The lowest BCUT2D eigenvalue weighted by atomic mass is 9.96. The van der Waals surface area contributed by atoms with Gasteiger partial charge in [0.2, 0.25) is 0 Å². The van der Waals surface area contributed by atoms with Gasteiger partial charge in [0.15, 0.2) is 5.96 Å². The van der Waals surface area contributed by atoms with Crippen molar-refractivity contribution in [1.29, 1.82) is 5.26 Å². The third-order valence-electron chi connectivity index (χ3n) is 4.19. The number of hydrogen-bond acceptors (Lipinski definition) is 3. The molecule has 2 fully saturated rings. The van der Waals surface area contributed by atoms with E-state index in [-0.39, 0.29) is 0 Å². The third-order valence-corrected chi connectivity index (χ3v) is 4.19. The lowest BCUT2D eigenvalue weighted by Crippen LogP contribution is -2.47. The van der Waals surface area contributed by atoms with E-state index in [1.54, 1.807) is 7.05 Å². The second-order valence-corrected chi connectivity index (χ2v) is 5.59. The predicted molar refractivity (Wildman–Crippen MR) is 80.8 cm³/mol. The SMILES string of the molecule is CN=C(NCc1ccc(C#N)cc1)NC1CC2CCC1O2. The molecule has 0 spiro atoms. The Kier molecular flexibility index (Phi) is 4.07. The van der Waals surface area contributed by atoms with Gasteiger partial charge < -0.3 is 15.4 Å². The Hall–Kier alpha value is -2.06. The second-order valence-electron chi connectivity index (χ2n) is 5.59. The van der Waals surface area contributed by atoms with Crippen LogP contribution in [0.1, 0.15) is 30.4 Å². The summed E-state index contributed by atoms with van der Waals surface area (Å²) in [5.74, 6) is 0.806. The number of nitrogens with zero attached hydrogens (tertiary/aromatic N) is 2. The van der Waals surface area contributed by atoms with Gasteiger partial charge in [0.25, 0.3) is 0 Å². The van der Waals surface area contributed by atoms with Gasteiger partial charge in [-0.2, -0.15) is 5.26 Å². The molecule has 3 atom stereocenters. The fourth-order valence-corrected chi connectivity index (χ4v) is 3.04. The topological polar surface area (TPSA) is 69.4 Å². The monoisotopic (exact) mass is 284 g/mol. The maximum absolute atomic E-state index is 8.79. The Bertz CT molecular complexity index is 561. The van der Waals surface area contributed by atoms with Crippen LogP contribution in [0.2, 0.25) is 0 Å². The number of fused-ring (bicyclic) bond motifs is 2. The van der Waals surface area contributed by atoms with Crippen LogP contribution in [-0.2, 0) is 11.3 Å². The first-order valence-electron chi connectivity index (χ1n) is 7.40. The van der Waals surface area contributed by atoms with Gasteiger partial charge in [-0.15, -0.1) is 0 Å². The fourth-order valence-electron chi connectivity index (χ4n) is 3.04. The zero-order valence-corrected chi connectivity index (χ0v) is 12.2. The summed E-state index contributed by atoms with van der Waals surface area (Å²) >= 11 is 0. The van der Waals surface area contributed by atoms with Crippen LogP contribution in [0.4, 0.5) is 0 Å². The van der Waals surface area contributed by atoms with Crippen LogP contribution in [-0.4, -0.2) is 31.3 Å². The summed E-state index contributed by atoms with van der Waals surface area (Å²) in [7, 11) is 1.78. The molecule has 2 saturated heterocycles. The van der Waals surface area contributed by atoms with E-state index in [9.17, 15) is 0 Å². The number of rotatable bonds is 3. The molecule has 2 aliphatic rings. The maximum Gasteiger partial charge on any atom is 0.191 e. The highest BCUT2D eigenvalue weighted by molar-refractivity contribution is 5.80. The molecule has 2 aliphatic heterocycles. The fraction of sp³-hybridized carbons (Fsp3) is 0.500. The number of aliphatic imine (C=N–C) groups is 1. The molecule has 0 amide bonds. The third kappa shape index (κ3) is 3.17. The lowest BCUT2D eigenvalue weighted by molar-refractivity contribution is 0.0992. The van der Waals surface area contributed by atoms with Crippen molar-refractivity contribution in [1.82, 2.24) is 10.6 Å². The van der Waals surface area contributed by atoms with Crippen LogP contribution >= 0.6 is 0 Å². The van der Waals surface area contributed by atoms with Crippen LogP contribution in [0, 0.1) is 11.3 Å². The highest BCUT2D eigenvalue weighted by Crippen LogP contribution is 2.34. The minimum absolute atomic E-state index is 0.337. The summed E-state index contributed by atoms with van der Waals surface area (Å²) in [5, 5.41) is 15.6. The normalized spacial score (nSPS) is 27.4.